The number of nitrogens with zero attached hydrogens (tertiary/aromatic N) is 2. The van der Waals surface area contributed by atoms with Gasteiger partial charge in [-0.3, -0.25) is 9.69 Å². The number of sulfone groups is 1. The van der Waals surface area contributed by atoms with Gasteiger partial charge in [-0.2, -0.15) is 0 Å². The number of hydrogen-bond acceptors (Lipinski definition) is 5. The average Bonchev–Trinajstić information content (AvgIpc) is 2.72. The van der Waals surface area contributed by atoms with Crippen LogP contribution in [0.4, 0.5) is 16.2 Å². The van der Waals surface area contributed by atoms with Crippen LogP contribution in [0.25, 0.3) is 11.1 Å². The molecule has 172 valence electrons. The van der Waals surface area contributed by atoms with Crippen LogP contribution < -0.4 is 9.80 Å². The predicted molar refractivity (Wildman–Crippen MR) is 126 cm³/mol. The van der Waals surface area contributed by atoms with Gasteiger partial charge in [0.2, 0.25) is 5.91 Å². The second-order valence-electron chi connectivity index (χ2n) is 8.33. The summed E-state index contributed by atoms with van der Waals surface area (Å²) in [5, 5.41) is 0. The van der Waals surface area contributed by atoms with Crippen molar-refractivity contribution in [1.82, 2.24) is 0 Å². The molecule has 1 atom stereocenters. The monoisotopic (exact) mass is 458 g/mol. The summed E-state index contributed by atoms with van der Waals surface area (Å²) in [7, 11) is -3.29. The van der Waals surface area contributed by atoms with Crippen LogP contribution in [0.5, 0.6) is 0 Å². The van der Waals surface area contributed by atoms with Gasteiger partial charge < -0.3 is 9.64 Å². The fourth-order valence-electron chi connectivity index (χ4n) is 3.96. The molecule has 8 heteroatoms. The zero-order valence-electron chi connectivity index (χ0n) is 19.2. The van der Waals surface area contributed by atoms with Gasteiger partial charge >= 0.3 is 6.09 Å². The molecule has 0 bridgehead atoms. The Balaban J connectivity index is 2.04. The summed E-state index contributed by atoms with van der Waals surface area (Å²) in [6, 6.07) is 12.1. The van der Waals surface area contributed by atoms with Crippen LogP contribution in [0, 0.1) is 0 Å². The van der Waals surface area contributed by atoms with Crippen molar-refractivity contribution in [2.45, 2.75) is 58.1 Å². The maximum Gasteiger partial charge on any atom is 0.414 e. The van der Waals surface area contributed by atoms with Gasteiger partial charge in [-0.15, -0.1) is 0 Å². The van der Waals surface area contributed by atoms with E-state index in [0.29, 0.717) is 29.2 Å². The normalized spacial score (nSPS) is 16.1. The molecule has 0 spiro atoms. The highest BCUT2D eigenvalue weighted by atomic mass is 32.2. The Morgan fingerprint density at radius 3 is 2.25 bits per heavy atom. The van der Waals surface area contributed by atoms with Crippen LogP contribution in [0.15, 0.2) is 47.4 Å². The third-order valence-corrected chi connectivity index (χ3v) is 7.27. The van der Waals surface area contributed by atoms with E-state index in [4.69, 9.17) is 4.74 Å². The molecule has 1 aliphatic rings. The molecule has 0 N–H and O–H groups in total. The molecule has 1 aliphatic heterocycles. The maximum atomic E-state index is 12.8. The van der Waals surface area contributed by atoms with E-state index in [0.717, 1.165) is 11.1 Å². The average molecular weight is 459 g/mol. The molecule has 0 saturated heterocycles. The fraction of sp³-hybridized carbons (Fsp3) is 0.417. The molecule has 2 aromatic rings. The third kappa shape index (κ3) is 4.80. The summed E-state index contributed by atoms with van der Waals surface area (Å²) in [4.78, 5) is 28.6. The number of carbonyl (C=O) groups is 2. The molecule has 1 unspecified atom stereocenters. The molecule has 0 fully saturated rings. The second-order valence-corrected chi connectivity index (χ2v) is 10.4. The van der Waals surface area contributed by atoms with Gasteiger partial charge in [-0.1, -0.05) is 25.1 Å². The molecule has 32 heavy (non-hydrogen) atoms. The van der Waals surface area contributed by atoms with E-state index in [2.05, 4.69) is 0 Å². The van der Waals surface area contributed by atoms with Crippen molar-refractivity contribution in [1.29, 1.82) is 0 Å². The van der Waals surface area contributed by atoms with Gasteiger partial charge in [-0.05, 0) is 62.6 Å². The number of anilines is 2. The molecule has 2 amide bonds. The topological polar surface area (TPSA) is 84.0 Å². The van der Waals surface area contributed by atoms with Gasteiger partial charge in [0.1, 0.15) is 0 Å². The maximum absolute atomic E-state index is 12.8. The first kappa shape index (κ1) is 23.8. The minimum Gasteiger partial charge on any atom is -0.446 e. The molecule has 0 aliphatic carbocycles. The zero-order valence-corrected chi connectivity index (χ0v) is 20.0. The molecule has 0 radical (unpaired) electrons. The van der Waals surface area contributed by atoms with Crippen LogP contribution in [-0.4, -0.2) is 44.9 Å². The second kappa shape index (κ2) is 9.32. The fourth-order valence-corrected chi connectivity index (χ4v) is 5.29. The first-order valence-corrected chi connectivity index (χ1v) is 12.5. The van der Waals surface area contributed by atoms with E-state index in [1.807, 2.05) is 32.0 Å². The third-order valence-electron chi connectivity index (χ3n) is 5.33. The van der Waals surface area contributed by atoms with Crippen molar-refractivity contribution in [3.63, 3.8) is 0 Å². The zero-order chi connectivity index (χ0) is 23.6. The van der Waals surface area contributed by atoms with Crippen molar-refractivity contribution in [2.75, 3.05) is 22.1 Å². The Morgan fingerprint density at radius 1 is 1.06 bits per heavy atom. The Bertz CT molecular complexity index is 1110. The number of benzene rings is 2. The minimum atomic E-state index is -3.29. The van der Waals surface area contributed by atoms with Crippen molar-refractivity contribution < 1.29 is 22.7 Å². The Hall–Kier alpha value is -2.87. The van der Waals surface area contributed by atoms with Crippen molar-refractivity contribution >= 4 is 33.2 Å². The summed E-state index contributed by atoms with van der Waals surface area (Å²) < 4.78 is 30.1. The van der Waals surface area contributed by atoms with Crippen molar-refractivity contribution in [3.05, 3.63) is 42.5 Å². The van der Waals surface area contributed by atoms with Crippen LogP contribution in [0.2, 0.25) is 0 Å². The van der Waals surface area contributed by atoms with E-state index in [1.54, 1.807) is 47.9 Å². The van der Waals surface area contributed by atoms with Gasteiger partial charge in [0.05, 0.1) is 34.2 Å². The van der Waals surface area contributed by atoms with E-state index < -0.39 is 15.9 Å². The lowest BCUT2D eigenvalue weighted by atomic mass is 10.0. The van der Waals surface area contributed by atoms with Crippen LogP contribution >= 0.6 is 0 Å². The van der Waals surface area contributed by atoms with E-state index >= 15 is 0 Å². The lowest BCUT2D eigenvalue weighted by molar-refractivity contribution is -0.117. The lowest BCUT2D eigenvalue weighted by Crippen LogP contribution is -2.51. The highest BCUT2D eigenvalue weighted by molar-refractivity contribution is 7.91. The molecular formula is C24H30N2O5S. The predicted octanol–water partition coefficient (Wildman–Crippen LogP) is 4.64. The summed E-state index contributed by atoms with van der Waals surface area (Å²) >= 11 is 0. The Morgan fingerprint density at radius 2 is 1.69 bits per heavy atom. The number of rotatable bonds is 5. The first-order chi connectivity index (χ1) is 15.0. The summed E-state index contributed by atoms with van der Waals surface area (Å²) in [5.41, 5.74) is 2.85. The van der Waals surface area contributed by atoms with E-state index in [-0.39, 0.29) is 23.8 Å². The van der Waals surface area contributed by atoms with Crippen LogP contribution in [0.1, 0.15) is 41.0 Å². The summed E-state index contributed by atoms with van der Waals surface area (Å²) in [6.45, 7) is 9.13. The number of ether oxygens (including phenoxy) is 1. The Labute approximate surface area is 189 Å². The Kier molecular flexibility index (Phi) is 6.93. The van der Waals surface area contributed by atoms with Gasteiger partial charge in [0.15, 0.2) is 9.84 Å². The van der Waals surface area contributed by atoms with Crippen molar-refractivity contribution in [2.24, 2.45) is 0 Å². The van der Waals surface area contributed by atoms with Gasteiger partial charge in [-0.25, -0.2) is 13.2 Å². The smallest absolute Gasteiger partial charge is 0.414 e. The SMILES string of the molecule is CCCS(=O)(=O)c1ccc(-c2ccc3c(c2)N(C(=O)OC(C)C)CC(C)N3C(C)=O)cc1. The lowest BCUT2D eigenvalue weighted by Gasteiger charge is -2.40. The highest BCUT2D eigenvalue weighted by Gasteiger charge is 2.34. The summed E-state index contributed by atoms with van der Waals surface area (Å²) in [6.07, 6.45) is -0.176. The molecule has 2 aromatic carbocycles. The number of fused-ring (bicyclic) bond motifs is 1. The minimum absolute atomic E-state index is 0.103. The van der Waals surface area contributed by atoms with E-state index in [9.17, 15) is 18.0 Å². The molecule has 1 heterocycles. The molecular weight excluding hydrogens is 428 g/mol. The molecule has 0 aromatic heterocycles. The number of amides is 2. The summed E-state index contributed by atoms with van der Waals surface area (Å²) in [5.74, 6) is 0.00541. The molecule has 7 nitrogen and oxygen atoms in total. The number of carbonyl (C=O) groups excluding carboxylic acids is 2. The van der Waals surface area contributed by atoms with Crippen LogP contribution in [-0.2, 0) is 19.4 Å². The number of hydrogen-bond donors (Lipinski definition) is 0. The van der Waals surface area contributed by atoms with E-state index in [1.165, 1.54) is 6.92 Å². The quantitative estimate of drug-likeness (QED) is 0.652. The standard InChI is InChI=1S/C24H30N2O5S/c1-6-13-32(29,30)21-10-7-19(8-11-21)20-9-12-22-23(14-20)25(24(28)31-16(2)3)15-17(4)26(22)18(5)27/h7-12,14,16-17H,6,13,15H2,1-5H3. The van der Waals surface area contributed by atoms with Gasteiger partial charge in [0, 0.05) is 13.5 Å². The highest BCUT2D eigenvalue weighted by Crippen LogP contribution is 2.39. The largest absolute Gasteiger partial charge is 0.446 e. The van der Waals surface area contributed by atoms with Crippen LogP contribution in [0.3, 0.4) is 0 Å². The van der Waals surface area contributed by atoms with Gasteiger partial charge in [0.25, 0.3) is 0 Å². The van der Waals surface area contributed by atoms with Crippen molar-refractivity contribution in [3.8, 4) is 11.1 Å². The first-order valence-electron chi connectivity index (χ1n) is 10.8. The molecule has 3 rings (SSSR count). The molecule has 0 saturated carbocycles.